The molecule has 0 aromatic heterocycles. The van der Waals surface area contributed by atoms with E-state index in [9.17, 15) is 4.79 Å². The Balaban J connectivity index is 2.80. The highest BCUT2D eigenvalue weighted by atomic mass is 28.4. The monoisotopic (exact) mass is 244 g/mol. The van der Waals surface area contributed by atoms with Crippen LogP contribution in [0.2, 0.25) is 44.3 Å². The molecule has 4 heteroatoms. The minimum atomic E-state index is -1.72. The van der Waals surface area contributed by atoms with Gasteiger partial charge < -0.3 is 4.43 Å². The second kappa shape index (κ2) is 3.73. The van der Waals surface area contributed by atoms with Gasteiger partial charge in [0, 0.05) is 0 Å². The average Bonchev–Trinajstić information content (AvgIpc) is 1.72. The molecule has 1 fully saturated rings. The number of rotatable bonds is 3. The molecule has 0 spiro atoms. The molecule has 0 atom stereocenters. The third-order valence-electron chi connectivity index (χ3n) is 3.43. The maximum atomic E-state index is 12.3. The zero-order valence-electron chi connectivity index (χ0n) is 10.9. The predicted molar refractivity (Wildman–Crippen MR) is 69.3 cm³/mol. The summed E-state index contributed by atoms with van der Waals surface area (Å²) in [6, 6.07) is 0. The van der Waals surface area contributed by atoms with Crippen molar-refractivity contribution in [3.05, 3.63) is 0 Å². The minimum absolute atomic E-state index is 0.0622. The SMILES string of the molecule is C[Si](C)(C)OC(=O)C1([Si](C)(C)C)CCC1. The molecule has 1 aliphatic carbocycles. The van der Waals surface area contributed by atoms with Crippen molar-refractivity contribution < 1.29 is 9.22 Å². The summed E-state index contributed by atoms with van der Waals surface area (Å²) in [5, 5.41) is -0.0622. The summed E-state index contributed by atoms with van der Waals surface area (Å²) >= 11 is 0. The first kappa shape index (κ1) is 13.0. The van der Waals surface area contributed by atoms with Gasteiger partial charge in [-0.05, 0) is 32.5 Å². The van der Waals surface area contributed by atoms with Gasteiger partial charge in [0.05, 0.1) is 13.1 Å². The highest BCUT2D eigenvalue weighted by molar-refractivity contribution is 6.83. The van der Waals surface area contributed by atoms with E-state index < -0.39 is 16.4 Å². The van der Waals surface area contributed by atoms with Crippen molar-refractivity contribution in [3.8, 4) is 0 Å². The van der Waals surface area contributed by atoms with Crippen LogP contribution in [-0.4, -0.2) is 22.4 Å². The Morgan fingerprint density at radius 1 is 1.07 bits per heavy atom. The van der Waals surface area contributed by atoms with Crippen LogP contribution in [0.1, 0.15) is 19.3 Å². The minimum Gasteiger partial charge on any atom is -0.520 e. The smallest absolute Gasteiger partial charge is 0.295 e. The summed E-state index contributed by atoms with van der Waals surface area (Å²) < 4.78 is 5.71. The van der Waals surface area contributed by atoms with Crippen LogP contribution in [0.4, 0.5) is 0 Å². The standard InChI is InChI=1S/C11H24O2Si2/c1-14(2,3)11(8-7-9-11)10(12)13-15(4,5)6/h7-9H2,1-6H3. The van der Waals surface area contributed by atoms with Crippen molar-refractivity contribution >= 4 is 22.4 Å². The van der Waals surface area contributed by atoms with Crippen LogP contribution < -0.4 is 0 Å². The van der Waals surface area contributed by atoms with E-state index in [1.807, 2.05) is 0 Å². The molecule has 0 amide bonds. The lowest BCUT2D eigenvalue weighted by Gasteiger charge is -2.49. The summed E-state index contributed by atoms with van der Waals surface area (Å²) in [6.45, 7) is 13.1. The molecule has 1 rings (SSSR count). The Kier molecular flexibility index (Phi) is 3.23. The van der Waals surface area contributed by atoms with Gasteiger partial charge in [0.15, 0.2) is 0 Å². The molecule has 88 valence electrons. The Bertz CT molecular complexity index is 257. The molecule has 2 nitrogen and oxygen atoms in total. The third kappa shape index (κ3) is 2.53. The molecular formula is C11H24O2Si2. The summed E-state index contributed by atoms with van der Waals surface area (Å²) in [5.74, 6) is 0.118. The van der Waals surface area contributed by atoms with Crippen molar-refractivity contribution in [2.45, 2.75) is 63.6 Å². The summed E-state index contributed by atoms with van der Waals surface area (Å²) in [4.78, 5) is 12.3. The van der Waals surface area contributed by atoms with Crippen LogP contribution in [0.3, 0.4) is 0 Å². The summed E-state index contributed by atoms with van der Waals surface area (Å²) in [5.41, 5.74) is 0. The van der Waals surface area contributed by atoms with E-state index in [0.717, 1.165) is 12.8 Å². The van der Waals surface area contributed by atoms with Crippen molar-refractivity contribution in [1.82, 2.24) is 0 Å². The molecule has 0 heterocycles. The fourth-order valence-electron chi connectivity index (χ4n) is 2.17. The van der Waals surface area contributed by atoms with E-state index in [0.29, 0.717) is 0 Å². The maximum Gasteiger partial charge on any atom is 0.295 e. The van der Waals surface area contributed by atoms with Gasteiger partial charge >= 0.3 is 0 Å². The first-order valence-corrected chi connectivity index (χ1v) is 12.7. The molecule has 0 bridgehead atoms. The van der Waals surface area contributed by atoms with Crippen LogP contribution in [0.25, 0.3) is 0 Å². The third-order valence-corrected chi connectivity index (χ3v) is 7.81. The normalized spacial score (nSPS) is 20.7. The van der Waals surface area contributed by atoms with Crippen molar-refractivity contribution in [3.63, 3.8) is 0 Å². The largest absolute Gasteiger partial charge is 0.520 e. The first-order chi connectivity index (χ1) is 6.58. The van der Waals surface area contributed by atoms with Gasteiger partial charge in [0.25, 0.3) is 5.97 Å². The van der Waals surface area contributed by atoms with Crippen LogP contribution in [-0.2, 0) is 9.22 Å². The molecule has 0 aromatic rings. The Labute approximate surface area is 95.5 Å². The molecule has 0 aromatic carbocycles. The lowest BCUT2D eigenvalue weighted by Crippen LogP contribution is -2.52. The Morgan fingerprint density at radius 2 is 1.53 bits per heavy atom. The van der Waals surface area contributed by atoms with Crippen molar-refractivity contribution in [2.75, 3.05) is 0 Å². The van der Waals surface area contributed by atoms with E-state index in [1.54, 1.807) is 0 Å². The lowest BCUT2D eigenvalue weighted by atomic mass is 9.84. The summed E-state index contributed by atoms with van der Waals surface area (Å²) in [6.07, 6.45) is 3.32. The van der Waals surface area contributed by atoms with Crippen LogP contribution in [0, 0.1) is 0 Å². The molecule has 0 radical (unpaired) electrons. The van der Waals surface area contributed by atoms with Gasteiger partial charge in [0.1, 0.15) is 0 Å². The van der Waals surface area contributed by atoms with Crippen molar-refractivity contribution in [2.24, 2.45) is 0 Å². The Hall–Kier alpha value is -0.0962. The molecule has 0 aliphatic heterocycles. The van der Waals surface area contributed by atoms with Crippen LogP contribution >= 0.6 is 0 Å². The van der Waals surface area contributed by atoms with E-state index in [4.69, 9.17) is 4.43 Å². The molecule has 15 heavy (non-hydrogen) atoms. The average molecular weight is 244 g/mol. The zero-order chi connectivity index (χ0) is 11.9. The fourth-order valence-corrected chi connectivity index (χ4v) is 5.54. The highest BCUT2D eigenvalue weighted by Gasteiger charge is 2.55. The fraction of sp³-hybridized carbons (Fsp3) is 0.909. The molecule has 1 aliphatic rings. The number of carbonyl (C=O) groups excluding carboxylic acids is 1. The number of hydrogen-bond acceptors (Lipinski definition) is 2. The van der Waals surface area contributed by atoms with Gasteiger partial charge in [0.2, 0.25) is 8.32 Å². The second-order valence-corrected chi connectivity index (χ2v) is 16.6. The van der Waals surface area contributed by atoms with Crippen LogP contribution in [0.15, 0.2) is 0 Å². The van der Waals surface area contributed by atoms with Gasteiger partial charge in [-0.15, -0.1) is 0 Å². The number of carbonyl (C=O) groups is 1. The molecule has 1 saturated carbocycles. The maximum absolute atomic E-state index is 12.3. The van der Waals surface area contributed by atoms with Crippen molar-refractivity contribution in [1.29, 1.82) is 0 Å². The topological polar surface area (TPSA) is 26.3 Å². The highest BCUT2D eigenvalue weighted by Crippen LogP contribution is 2.56. The number of hydrogen-bond donors (Lipinski definition) is 0. The molecule has 0 saturated heterocycles. The molecule has 0 N–H and O–H groups in total. The van der Waals surface area contributed by atoms with Gasteiger partial charge in [-0.3, -0.25) is 4.79 Å². The van der Waals surface area contributed by atoms with Gasteiger partial charge in [-0.25, -0.2) is 0 Å². The van der Waals surface area contributed by atoms with Crippen LogP contribution in [0.5, 0.6) is 0 Å². The van der Waals surface area contributed by atoms with E-state index in [1.165, 1.54) is 6.42 Å². The Morgan fingerprint density at radius 3 is 1.73 bits per heavy atom. The summed E-state index contributed by atoms with van der Waals surface area (Å²) in [7, 11) is -3.16. The van der Waals surface area contributed by atoms with Gasteiger partial charge in [-0.1, -0.05) is 26.1 Å². The first-order valence-electron chi connectivity index (χ1n) is 5.82. The van der Waals surface area contributed by atoms with E-state index in [-0.39, 0.29) is 11.0 Å². The van der Waals surface area contributed by atoms with E-state index in [2.05, 4.69) is 39.3 Å². The molecular weight excluding hydrogens is 220 g/mol. The lowest BCUT2D eigenvalue weighted by molar-refractivity contribution is -0.141. The second-order valence-electron chi connectivity index (χ2n) is 6.69. The predicted octanol–water partition coefficient (Wildman–Crippen LogP) is 3.63. The molecule has 0 unspecified atom stereocenters. The van der Waals surface area contributed by atoms with Gasteiger partial charge in [-0.2, -0.15) is 0 Å². The zero-order valence-corrected chi connectivity index (χ0v) is 12.9. The quantitative estimate of drug-likeness (QED) is 0.709. The van der Waals surface area contributed by atoms with E-state index >= 15 is 0 Å².